The standard InChI is InChI=1S/C10H9F3S/c11-10(12,13)7-4-8-14-9-5-2-1-3-6-9/h1-6,8H,7H2/b8-4-. The maximum atomic E-state index is 11.7. The predicted octanol–water partition coefficient (Wildman–Crippen LogP) is 4.24. The molecule has 1 aromatic rings. The van der Waals surface area contributed by atoms with Crippen LogP contribution in [0.5, 0.6) is 0 Å². The lowest BCUT2D eigenvalue weighted by Gasteiger charge is -2.00. The number of alkyl halides is 3. The van der Waals surface area contributed by atoms with Gasteiger partial charge in [0.1, 0.15) is 0 Å². The Hall–Kier alpha value is -0.900. The summed E-state index contributed by atoms with van der Waals surface area (Å²) in [5, 5.41) is 1.46. The van der Waals surface area contributed by atoms with E-state index >= 15 is 0 Å². The fraction of sp³-hybridized carbons (Fsp3) is 0.200. The van der Waals surface area contributed by atoms with Crippen molar-refractivity contribution in [3.05, 3.63) is 41.8 Å². The third-order valence-corrected chi connectivity index (χ3v) is 2.27. The molecule has 0 amide bonds. The molecule has 4 heteroatoms. The molecule has 0 aliphatic rings. The van der Waals surface area contributed by atoms with Crippen molar-refractivity contribution >= 4 is 11.8 Å². The summed E-state index contributed by atoms with van der Waals surface area (Å²) in [6, 6.07) is 9.26. The molecule has 0 radical (unpaired) electrons. The van der Waals surface area contributed by atoms with Gasteiger partial charge in [-0.15, -0.1) is 0 Å². The topological polar surface area (TPSA) is 0 Å². The van der Waals surface area contributed by atoms with Crippen LogP contribution < -0.4 is 0 Å². The van der Waals surface area contributed by atoms with Gasteiger partial charge in [-0.3, -0.25) is 0 Å². The van der Waals surface area contributed by atoms with Crippen molar-refractivity contribution in [2.75, 3.05) is 0 Å². The van der Waals surface area contributed by atoms with Crippen molar-refractivity contribution in [3.63, 3.8) is 0 Å². The second-order valence-corrected chi connectivity index (χ2v) is 3.60. The van der Waals surface area contributed by atoms with E-state index in [1.807, 2.05) is 30.3 Å². The van der Waals surface area contributed by atoms with Crippen molar-refractivity contribution in [3.8, 4) is 0 Å². The quantitative estimate of drug-likeness (QED) is 0.683. The van der Waals surface area contributed by atoms with Crippen molar-refractivity contribution in [1.29, 1.82) is 0 Å². The van der Waals surface area contributed by atoms with Gasteiger partial charge in [-0.1, -0.05) is 36.0 Å². The van der Waals surface area contributed by atoms with Crippen molar-refractivity contribution in [2.45, 2.75) is 17.5 Å². The summed E-state index contributed by atoms with van der Waals surface area (Å²) in [5.41, 5.74) is 0. The van der Waals surface area contributed by atoms with E-state index in [0.29, 0.717) is 0 Å². The number of hydrogen-bond acceptors (Lipinski definition) is 1. The molecule has 0 saturated carbocycles. The molecule has 0 unspecified atom stereocenters. The van der Waals surface area contributed by atoms with Crippen LogP contribution >= 0.6 is 11.8 Å². The Bertz CT molecular complexity index is 290. The highest BCUT2D eigenvalue weighted by molar-refractivity contribution is 8.02. The summed E-state index contributed by atoms with van der Waals surface area (Å²) < 4.78 is 35.2. The maximum Gasteiger partial charge on any atom is 0.392 e. The zero-order chi connectivity index (χ0) is 10.4. The molecular weight excluding hydrogens is 209 g/mol. The summed E-state index contributed by atoms with van der Waals surface area (Å²) in [5.74, 6) is 0. The molecule has 0 aliphatic heterocycles. The summed E-state index contributed by atoms with van der Waals surface area (Å²) in [4.78, 5) is 0.936. The maximum absolute atomic E-state index is 11.7. The Balaban J connectivity index is 2.35. The molecule has 14 heavy (non-hydrogen) atoms. The lowest BCUT2D eigenvalue weighted by molar-refractivity contribution is -0.124. The number of rotatable bonds is 3. The zero-order valence-electron chi connectivity index (χ0n) is 7.29. The second kappa shape index (κ2) is 5.10. The van der Waals surface area contributed by atoms with E-state index < -0.39 is 12.6 Å². The molecule has 0 N–H and O–H groups in total. The third-order valence-electron chi connectivity index (χ3n) is 1.39. The van der Waals surface area contributed by atoms with Gasteiger partial charge in [0, 0.05) is 4.90 Å². The molecule has 0 atom stereocenters. The SMILES string of the molecule is FC(F)(F)C/C=C\Sc1ccccc1. The van der Waals surface area contributed by atoms with Gasteiger partial charge >= 0.3 is 6.18 Å². The summed E-state index contributed by atoms with van der Waals surface area (Å²) >= 11 is 1.28. The number of thioether (sulfide) groups is 1. The largest absolute Gasteiger partial charge is 0.392 e. The van der Waals surface area contributed by atoms with Crippen LogP contribution in [-0.4, -0.2) is 6.18 Å². The first kappa shape index (κ1) is 11.2. The minimum Gasteiger partial charge on any atom is -0.171 e. The highest BCUT2D eigenvalue weighted by Crippen LogP contribution is 2.23. The van der Waals surface area contributed by atoms with Gasteiger partial charge in [0.2, 0.25) is 0 Å². The third kappa shape index (κ3) is 4.97. The first-order valence-corrected chi connectivity index (χ1v) is 4.89. The van der Waals surface area contributed by atoms with Crippen LogP contribution in [-0.2, 0) is 0 Å². The van der Waals surface area contributed by atoms with E-state index in [1.54, 1.807) is 0 Å². The lowest BCUT2D eigenvalue weighted by Crippen LogP contribution is -2.03. The Morgan fingerprint density at radius 3 is 2.36 bits per heavy atom. The van der Waals surface area contributed by atoms with Crippen molar-refractivity contribution in [2.24, 2.45) is 0 Å². The van der Waals surface area contributed by atoms with E-state index in [1.165, 1.54) is 17.2 Å². The Labute approximate surface area is 84.8 Å². The monoisotopic (exact) mass is 218 g/mol. The van der Waals surface area contributed by atoms with Crippen LogP contribution in [0, 0.1) is 0 Å². The zero-order valence-corrected chi connectivity index (χ0v) is 8.11. The van der Waals surface area contributed by atoms with Crippen LogP contribution in [0.3, 0.4) is 0 Å². The van der Waals surface area contributed by atoms with Crippen molar-refractivity contribution < 1.29 is 13.2 Å². The van der Waals surface area contributed by atoms with Crippen LogP contribution in [0.4, 0.5) is 13.2 Å². The Morgan fingerprint density at radius 2 is 1.79 bits per heavy atom. The summed E-state index contributed by atoms with van der Waals surface area (Å²) in [7, 11) is 0. The fourth-order valence-corrected chi connectivity index (χ4v) is 1.47. The van der Waals surface area contributed by atoms with Gasteiger partial charge in [0.25, 0.3) is 0 Å². The first-order valence-electron chi connectivity index (χ1n) is 4.01. The van der Waals surface area contributed by atoms with E-state index in [9.17, 15) is 13.2 Å². The second-order valence-electron chi connectivity index (χ2n) is 2.62. The lowest BCUT2D eigenvalue weighted by atomic mass is 10.4. The highest BCUT2D eigenvalue weighted by Gasteiger charge is 2.24. The smallest absolute Gasteiger partial charge is 0.171 e. The molecule has 0 saturated heterocycles. The average molecular weight is 218 g/mol. The predicted molar refractivity (Wildman–Crippen MR) is 52.1 cm³/mol. The fourth-order valence-electron chi connectivity index (χ4n) is 0.807. The molecule has 0 spiro atoms. The highest BCUT2D eigenvalue weighted by atomic mass is 32.2. The van der Waals surface area contributed by atoms with Crippen LogP contribution in [0.15, 0.2) is 46.7 Å². The molecule has 0 aliphatic carbocycles. The first-order chi connectivity index (χ1) is 6.58. The molecule has 0 aromatic heterocycles. The average Bonchev–Trinajstić information content (AvgIpc) is 2.13. The molecular formula is C10H9F3S. The summed E-state index contributed by atoms with van der Waals surface area (Å²) in [6.45, 7) is 0. The molecule has 0 fully saturated rings. The number of hydrogen-bond donors (Lipinski definition) is 0. The van der Waals surface area contributed by atoms with Crippen LogP contribution in [0.1, 0.15) is 6.42 Å². The van der Waals surface area contributed by atoms with E-state index in [4.69, 9.17) is 0 Å². The van der Waals surface area contributed by atoms with E-state index in [0.717, 1.165) is 11.0 Å². The number of allylic oxidation sites excluding steroid dienone is 1. The van der Waals surface area contributed by atoms with E-state index in [-0.39, 0.29) is 0 Å². The van der Waals surface area contributed by atoms with Crippen LogP contribution in [0.25, 0.3) is 0 Å². The van der Waals surface area contributed by atoms with Gasteiger partial charge < -0.3 is 0 Å². The van der Waals surface area contributed by atoms with Gasteiger partial charge in [0.15, 0.2) is 0 Å². The summed E-state index contributed by atoms with van der Waals surface area (Å²) in [6.07, 6.45) is -3.85. The van der Waals surface area contributed by atoms with Gasteiger partial charge in [-0.25, -0.2) is 0 Å². The molecule has 0 nitrogen and oxygen atoms in total. The van der Waals surface area contributed by atoms with E-state index in [2.05, 4.69) is 0 Å². The molecule has 0 heterocycles. The van der Waals surface area contributed by atoms with Gasteiger partial charge in [-0.05, 0) is 17.5 Å². The number of halogens is 3. The molecule has 0 bridgehead atoms. The normalized spacial score (nSPS) is 12.2. The van der Waals surface area contributed by atoms with Gasteiger partial charge in [-0.2, -0.15) is 13.2 Å². The minimum absolute atomic E-state index is 0.868. The minimum atomic E-state index is -4.10. The molecule has 1 rings (SSSR count). The molecule has 1 aromatic carbocycles. The van der Waals surface area contributed by atoms with Crippen molar-refractivity contribution in [1.82, 2.24) is 0 Å². The molecule has 76 valence electrons. The Kier molecular flexibility index (Phi) is 4.07. The van der Waals surface area contributed by atoms with Gasteiger partial charge in [0.05, 0.1) is 6.42 Å². The van der Waals surface area contributed by atoms with Crippen LogP contribution in [0.2, 0.25) is 0 Å². The Morgan fingerprint density at radius 1 is 1.14 bits per heavy atom. The number of benzene rings is 1.